The summed E-state index contributed by atoms with van der Waals surface area (Å²) in [6, 6.07) is 29.0. The molecule has 9 rings (SSSR count). The number of anilines is 2. The van der Waals surface area contributed by atoms with E-state index in [0.717, 1.165) is 38.2 Å². The summed E-state index contributed by atoms with van der Waals surface area (Å²) in [6.07, 6.45) is 0.795. The molecule has 4 unspecified atom stereocenters. The zero-order chi connectivity index (χ0) is 32.7. The number of hydrogen-bond donors (Lipinski definition) is 2. The number of fused-ring (bicyclic) bond motifs is 10. The van der Waals surface area contributed by atoms with E-state index in [1.807, 2.05) is 97.9 Å². The molecule has 10 heteroatoms. The van der Waals surface area contributed by atoms with Crippen LogP contribution in [0.4, 0.5) is 11.4 Å². The van der Waals surface area contributed by atoms with Crippen LogP contribution in [0.5, 0.6) is 5.75 Å². The van der Waals surface area contributed by atoms with Crippen LogP contribution in [0.25, 0.3) is 10.8 Å². The molecule has 2 N–H and O–H groups in total. The molecule has 3 fully saturated rings. The summed E-state index contributed by atoms with van der Waals surface area (Å²) in [4.78, 5) is 59.1. The van der Waals surface area contributed by atoms with Crippen LogP contribution in [0, 0.1) is 36.5 Å². The second-order valence-electron chi connectivity index (χ2n) is 13.2. The van der Waals surface area contributed by atoms with E-state index in [0.29, 0.717) is 17.1 Å². The fraction of sp³-hybridized carbons (Fsp3) is 0.263. The number of amides is 3. The van der Waals surface area contributed by atoms with Crippen LogP contribution >= 0.6 is 23.1 Å². The normalized spacial score (nSPS) is 26.8. The van der Waals surface area contributed by atoms with E-state index in [9.17, 15) is 19.2 Å². The number of aromatic amines is 1. The Hall–Kier alpha value is -4.67. The number of aryl methyl sites for hydroxylation is 1. The zero-order valence-corrected chi connectivity index (χ0v) is 27.6. The molecule has 0 radical (unpaired) electrons. The van der Waals surface area contributed by atoms with Crippen LogP contribution in [0.3, 0.4) is 0 Å². The first-order valence-corrected chi connectivity index (χ1v) is 17.9. The molecule has 48 heavy (non-hydrogen) atoms. The van der Waals surface area contributed by atoms with Crippen molar-refractivity contribution in [3.8, 4) is 5.75 Å². The maximum atomic E-state index is 14.1. The minimum Gasteiger partial charge on any atom is -0.483 e. The Kier molecular flexibility index (Phi) is 6.88. The number of rotatable bonds is 6. The molecule has 4 aromatic carbocycles. The summed E-state index contributed by atoms with van der Waals surface area (Å²) in [5.74, 6) is -0.906. The Morgan fingerprint density at radius 2 is 1.62 bits per heavy atom. The Morgan fingerprint density at radius 1 is 0.896 bits per heavy atom. The van der Waals surface area contributed by atoms with Crippen LogP contribution < -0.4 is 19.8 Å². The number of nitrogens with zero attached hydrogens (tertiary/aromatic N) is 1. The average Bonchev–Trinajstić information content (AvgIpc) is 3.83. The number of carbonyl (C=O) groups is 3. The van der Waals surface area contributed by atoms with Crippen molar-refractivity contribution in [1.29, 1.82) is 0 Å². The van der Waals surface area contributed by atoms with Gasteiger partial charge in [0.1, 0.15) is 5.75 Å². The molecule has 3 heterocycles. The molecule has 2 aliphatic carbocycles. The number of aromatic nitrogens is 1. The standard InChI is InChI=1S/C38H31N3O5S2/c1-19-10-14-23(15-11-19)41-36(43)31-25-17-26(32(31)37(41)44)33-30(25)29(34-35(47-33)40-38(45)48-34)24-8-4-5-9-27(24)46-18-28(42)39-22-13-12-20-6-2-3-7-21(20)16-22/h2-16,25-26,29-33H,17-18H2,1H3,(H,39,42)(H,40,45)/t25-,26-,29-,30?,31?,32?,33?/m1/s1. The van der Waals surface area contributed by atoms with E-state index in [4.69, 9.17) is 4.74 Å². The van der Waals surface area contributed by atoms with Gasteiger partial charge in [-0.05, 0) is 72.2 Å². The first-order chi connectivity index (χ1) is 23.4. The largest absolute Gasteiger partial charge is 0.483 e. The van der Waals surface area contributed by atoms with Crippen molar-refractivity contribution in [2.24, 2.45) is 29.6 Å². The second kappa shape index (κ2) is 11.2. The van der Waals surface area contributed by atoms with Gasteiger partial charge in [0.25, 0.3) is 5.91 Å². The summed E-state index contributed by atoms with van der Waals surface area (Å²) >= 11 is 2.86. The maximum Gasteiger partial charge on any atom is 0.305 e. The van der Waals surface area contributed by atoms with Gasteiger partial charge in [0.05, 0.1) is 22.5 Å². The number of thiazole rings is 1. The van der Waals surface area contributed by atoms with Crippen LogP contribution in [0.15, 0.2) is 101 Å². The lowest BCUT2D eigenvalue weighted by molar-refractivity contribution is -0.123. The van der Waals surface area contributed by atoms with Crippen LogP contribution in [-0.2, 0) is 14.4 Å². The third-order valence-electron chi connectivity index (χ3n) is 10.7. The highest BCUT2D eigenvalue weighted by atomic mass is 32.2. The van der Waals surface area contributed by atoms with Gasteiger partial charge in [-0.1, -0.05) is 77.6 Å². The molecule has 2 bridgehead atoms. The lowest BCUT2D eigenvalue weighted by Crippen LogP contribution is -2.42. The van der Waals surface area contributed by atoms with E-state index in [1.165, 1.54) is 16.2 Å². The molecule has 3 amide bonds. The molecule has 1 aromatic heterocycles. The Labute approximate surface area is 284 Å². The molecule has 1 saturated heterocycles. The topological polar surface area (TPSA) is 109 Å². The van der Waals surface area contributed by atoms with E-state index in [2.05, 4.69) is 10.3 Å². The number of hydrogen-bond acceptors (Lipinski definition) is 7. The monoisotopic (exact) mass is 673 g/mol. The average molecular weight is 674 g/mol. The lowest BCUT2D eigenvalue weighted by Gasteiger charge is -2.43. The number of nitrogens with one attached hydrogen (secondary N) is 2. The highest BCUT2D eigenvalue weighted by Gasteiger charge is 2.69. The van der Waals surface area contributed by atoms with Gasteiger partial charge in [0, 0.05) is 27.3 Å². The second-order valence-corrected chi connectivity index (χ2v) is 15.4. The summed E-state index contributed by atoms with van der Waals surface area (Å²) in [5, 5.41) is 5.96. The highest BCUT2D eigenvalue weighted by Crippen LogP contribution is 2.69. The zero-order valence-electron chi connectivity index (χ0n) is 25.9. The van der Waals surface area contributed by atoms with Crippen molar-refractivity contribution in [3.05, 3.63) is 117 Å². The number of imide groups is 1. The first kappa shape index (κ1) is 29.5. The molecule has 0 spiro atoms. The molecule has 2 saturated carbocycles. The van der Waals surface area contributed by atoms with Crippen LogP contribution in [-0.4, -0.2) is 34.6 Å². The molecule has 5 aromatic rings. The van der Waals surface area contributed by atoms with E-state index < -0.39 is 5.92 Å². The van der Waals surface area contributed by atoms with Gasteiger partial charge in [-0.3, -0.25) is 24.1 Å². The highest BCUT2D eigenvalue weighted by molar-refractivity contribution is 8.00. The molecular formula is C38H31N3O5S2. The van der Waals surface area contributed by atoms with Gasteiger partial charge >= 0.3 is 4.87 Å². The summed E-state index contributed by atoms with van der Waals surface area (Å²) in [6.45, 7) is 1.79. The minimum absolute atomic E-state index is 0.0155. The molecule has 2 aliphatic heterocycles. The van der Waals surface area contributed by atoms with Gasteiger partial charge in [-0.25, -0.2) is 0 Å². The van der Waals surface area contributed by atoms with Crippen LogP contribution in [0.1, 0.15) is 28.3 Å². The molecular weight excluding hydrogens is 643 g/mol. The molecule has 240 valence electrons. The van der Waals surface area contributed by atoms with Crippen molar-refractivity contribution >= 4 is 63.0 Å². The predicted octanol–water partition coefficient (Wildman–Crippen LogP) is 6.59. The smallest absolute Gasteiger partial charge is 0.305 e. The van der Waals surface area contributed by atoms with Gasteiger partial charge in [0.2, 0.25) is 11.8 Å². The maximum absolute atomic E-state index is 14.1. The number of ether oxygens (including phenoxy) is 1. The molecule has 4 aliphatic rings. The number of thioether (sulfide) groups is 1. The van der Waals surface area contributed by atoms with Crippen molar-refractivity contribution in [2.45, 2.75) is 29.5 Å². The third-order valence-corrected chi connectivity index (χ3v) is 13.3. The number of para-hydroxylation sites is 1. The van der Waals surface area contributed by atoms with Gasteiger partial charge in [-0.15, -0.1) is 11.8 Å². The SMILES string of the molecule is Cc1ccc(N2C(=O)C3C(C2=O)[C@@H]2C[C@H]3C3Sc4[nH]c(=O)sc4[C@H](c4ccccc4OCC(=O)Nc4ccc5ccccc5c4)C32)cc1. The fourth-order valence-electron chi connectivity index (χ4n) is 8.79. The van der Waals surface area contributed by atoms with Crippen molar-refractivity contribution in [3.63, 3.8) is 0 Å². The van der Waals surface area contributed by atoms with Crippen molar-refractivity contribution in [2.75, 3.05) is 16.8 Å². The van der Waals surface area contributed by atoms with E-state index in [-0.39, 0.29) is 64.0 Å². The lowest BCUT2D eigenvalue weighted by atomic mass is 9.68. The third kappa shape index (κ3) is 4.57. The molecule has 7 atom stereocenters. The molecule has 8 nitrogen and oxygen atoms in total. The number of H-pyrrole nitrogens is 1. The van der Waals surface area contributed by atoms with Crippen molar-refractivity contribution in [1.82, 2.24) is 4.98 Å². The summed E-state index contributed by atoms with van der Waals surface area (Å²) in [7, 11) is 0. The summed E-state index contributed by atoms with van der Waals surface area (Å²) < 4.78 is 6.24. The van der Waals surface area contributed by atoms with Gasteiger partial charge in [-0.2, -0.15) is 0 Å². The number of carbonyl (C=O) groups excluding carboxylic acids is 3. The van der Waals surface area contributed by atoms with Gasteiger partial charge < -0.3 is 15.0 Å². The summed E-state index contributed by atoms with van der Waals surface area (Å²) in [5.41, 5.74) is 3.27. The van der Waals surface area contributed by atoms with E-state index in [1.54, 1.807) is 11.8 Å². The fourth-order valence-corrected chi connectivity index (χ4v) is 11.7. The quantitative estimate of drug-likeness (QED) is 0.197. The Bertz CT molecular complexity index is 2190. The predicted molar refractivity (Wildman–Crippen MR) is 187 cm³/mol. The van der Waals surface area contributed by atoms with Crippen LogP contribution in [0.2, 0.25) is 0 Å². The Balaban J connectivity index is 1.02. The van der Waals surface area contributed by atoms with Crippen molar-refractivity contribution < 1.29 is 19.1 Å². The van der Waals surface area contributed by atoms with E-state index >= 15 is 0 Å². The number of benzene rings is 4. The minimum atomic E-state index is -0.397. The Morgan fingerprint density at radius 3 is 2.44 bits per heavy atom. The van der Waals surface area contributed by atoms with Gasteiger partial charge in [0.15, 0.2) is 6.61 Å². The first-order valence-electron chi connectivity index (χ1n) is 16.2.